The van der Waals surface area contributed by atoms with Gasteiger partial charge < -0.3 is 14.8 Å². The number of amides is 1. The van der Waals surface area contributed by atoms with E-state index in [2.05, 4.69) is 20.6 Å². The lowest BCUT2D eigenvalue weighted by Gasteiger charge is -2.25. The number of para-hydroxylation sites is 3. The Morgan fingerprint density at radius 2 is 1.93 bits per heavy atom. The molecule has 5 rings (SSSR count). The van der Waals surface area contributed by atoms with Gasteiger partial charge in [0.2, 0.25) is 4.77 Å². The first kappa shape index (κ1) is 15.8. The molecule has 27 heavy (non-hydrogen) atoms. The van der Waals surface area contributed by atoms with Crippen LogP contribution in [0.4, 0.5) is 5.69 Å². The summed E-state index contributed by atoms with van der Waals surface area (Å²) in [7, 11) is 0. The highest BCUT2D eigenvalue weighted by atomic mass is 32.1. The van der Waals surface area contributed by atoms with E-state index in [9.17, 15) is 4.79 Å². The minimum atomic E-state index is -0.517. The fourth-order valence-electron chi connectivity index (χ4n) is 3.06. The van der Waals surface area contributed by atoms with Crippen molar-refractivity contribution in [2.45, 2.75) is 6.10 Å². The molecule has 2 aliphatic rings. The number of fused-ring (bicyclic) bond motifs is 2. The zero-order valence-corrected chi connectivity index (χ0v) is 14.7. The van der Waals surface area contributed by atoms with Crippen LogP contribution in [0.5, 0.6) is 11.5 Å². The number of anilines is 1. The third-order valence-electron chi connectivity index (χ3n) is 4.32. The van der Waals surface area contributed by atoms with E-state index < -0.39 is 6.10 Å². The second-order valence-electron chi connectivity index (χ2n) is 6.01. The number of nitrogens with one attached hydrogen (secondary N) is 2. The number of aromatic amines is 1. The zero-order valence-electron chi connectivity index (χ0n) is 13.9. The lowest BCUT2D eigenvalue weighted by Crippen LogP contribution is -2.25. The van der Waals surface area contributed by atoms with E-state index in [0.29, 0.717) is 28.6 Å². The Balaban J connectivity index is 1.56. The van der Waals surface area contributed by atoms with Gasteiger partial charge in [-0.2, -0.15) is 14.9 Å². The van der Waals surface area contributed by atoms with Crippen molar-refractivity contribution in [1.82, 2.24) is 14.9 Å². The summed E-state index contributed by atoms with van der Waals surface area (Å²) in [6, 6.07) is 14.7. The molecule has 2 N–H and O–H groups in total. The fraction of sp³-hybridized carbons (Fsp3) is 0.111. The third-order valence-corrected chi connectivity index (χ3v) is 4.58. The second-order valence-corrected chi connectivity index (χ2v) is 6.40. The maximum Gasteiger partial charge on any atom is 0.276 e. The van der Waals surface area contributed by atoms with Crippen LogP contribution in [0.1, 0.15) is 17.5 Å². The van der Waals surface area contributed by atoms with Crippen molar-refractivity contribution in [3.8, 4) is 11.5 Å². The maximum atomic E-state index is 12.3. The van der Waals surface area contributed by atoms with Crippen molar-refractivity contribution >= 4 is 29.5 Å². The number of aromatic nitrogens is 3. The molecule has 3 heterocycles. The average molecular weight is 379 g/mol. The summed E-state index contributed by atoms with van der Waals surface area (Å²) in [5.41, 5.74) is 1.69. The SMILES string of the molecule is O=C1Nc2ccccc2/C1=N\n1c(C2COc3ccccc3O2)n[nH]c1=S. The predicted molar refractivity (Wildman–Crippen MR) is 99.7 cm³/mol. The van der Waals surface area contributed by atoms with Crippen LogP contribution in [0, 0.1) is 4.77 Å². The summed E-state index contributed by atoms with van der Waals surface area (Å²) < 4.78 is 13.4. The van der Waals surface area contributed by atoms with Gasteiger partial charge in [-0.15, -0.1) is 0 Å². The Hall–Kier alpha value is -3.46. The van der Waals surface area contributed by atoms with Gasteiger partial charge in [0.05, 0.1) is 5.69 Å². The van der Waals surface area contributed by atoms with Crippen molar-refractivity contribution in [2.75, 3.05) is 11.9 Å². The number of hydrogen-bond acceptors (Lipinski definition) is 6. The van der Waals surface area contributed by atoms with Gasteiger partial charge >= 0.3 is 0 Å². The van der Waals surface area contributed by atoms with Crippen molar-refractivity contribution in [3.63, 3.8) is 0 Å². The molecule has 2 aliphatic heterocycles. The van der Waals surface area contributed by atoms with Crippen molar-refractivity contribution in [3.05, 3.63) is 64.7 Å². The van der Waals surface area contributed by atoms with Gasteiger partial charge in [0.15, 0.2) is 29.1 Å². The molecule has 0 aliphatic carbocycles. The Labute approximate surface area is 158 Å². The Kier molecular flexibility index (Phi) is 3.54. The molecular formula is C18H13N5O3S. The van der Waals surface area contributed by atoms with E-state index in [1.165, 1.54) is 4.68 Å². The normalized spacial score (nSPS) is 19.0. The lowest BCUT2D eigenvalue weighted by molar-refractivity contribution is -0.110. The molecule has 1 unspecified atom stereocenters. The van der Waals surface area contributed by atoms with Gasteiger partial charge in [-0.25, -0.2) is 5.10 Å². The first-order valence-corrected chi connectivity index (χ1v) is 8.67. The molecule has 1 amide bonds. The van der Waals surface area contributed by atoms with Crippen LogP contribution in [0.2, 0.25) is 0 Å². The first-order valence-electron chi connectivity index (χ1n) is 8.26. The number of carbonyl (C=O) groups excluding carboxylic acids is 1. The summed E-state index contributed by atoms with van der Waals surface area (Å²) in [6.07, 6.45) is -0.517. The molecule has 0 radical (unpaired) electrons. The summed E-state index contributed by atoms with van der Waals surface area (Å²) in [4.78, 5) is 12.3. The largest absolute Gasteiger partial charge is 0.485 e. The molecular weight excluding hydrogens is 366 g/mol. The molecule has 0 spiro atoms. The van der Waals surface area contributed by atoms with Crippen LogP contribution in [0.15, 0.2) is 53.6 Å². The van der Waals surface area contributed by atoms with Crippen molar-refractivity contribution in [2.24, 2.45) is 5.10 Å². The van der Waals surface area contributed by atoms with Crippen LogP contribution in [-0.4, -0.2) is 33.1 Å². The second kappa shape index (κ2) is 6.06. The van der Waals surface area contributed by atoms with E-state index in [1.54, 1.807) is 0 Å². The maximum absolute atomic E-state index is 12.3. The Bertz CT molecular complexity index is 1150. The van der Waals surface area contributed by atoms with Gasteiger partial charge in [0, 0.05) is 5.56 Å². The number of nitrogens with zero attached hydrogens (tertiary/aromatic N) is 3. The topological polar surface area (TPSA) is 93.5 Å². The molecule has 0 bridgehead atoms. The van der Waals surface area contributed by atoms with E-state index in [-0.39, 0.29) is 23.0 Å². The van der Waals surface area contributed by atoms with Crippen LogP contribution < -0.4 is 14.8 Å². The number of hydrogen-bond donors (Lipinski definition) is 2. The minimum Gasteiger partial charge on any atom is -0.485 e. The highest BCUT2D eigenvalue weighted by Gasteiger charge is 2.30. The highest BCUT2D eigenvalue weighted by molar-refractivity contribution is 7.71. The highest BCUT2D eigenvalue weighted by Crippen LogP contribution is 2.35. The van der Waals surface area contributed by atoms with Crippen LogP contribution in [-0.2, 0) is 4.79 Å². The molecule has 1 aromatic heterocycles. The molecule has 2 aromatic carbocycles. The van der Waals surface area contributed by atoms with Gasteiger partial charge in [-0.1, -0.05) is 30.3 Å². The van der Waals surface area contributed by atoms with E-state index in [0.717, 1.165) is 0 Å². The van der Waals surface area contributed by atoms with Crippen LogP contribution >= 0.6 is 12.2 Å². The quantitative estimate of drug-likeness (QED) is 0.668. The number of H-pyrrole nitrogens is 1. The summed E-state index contributed by atoms with van der Waals surface area (Å²) in [5.74, 6) is 1.42. The van der Waals surface area contributed by atoms with E-state index >= 15 is 0 Å². The van der Waals surface area contributed by atoms with Crippen LogP contribution in [0.3, 0.4) is 0 Å². The number of carbonyl (C=O) groups is 1. The van der Waals surface area contributed by atoms with E-state index in [4.69, 9.17) is 21.7 Å². The molecule has 134 valence electrons. The summed E-state index contributed by atoms with van der Waals surface area (Å²) >= 11 is 5.30. The standard InChI is InChI=1S/C18H13N5O3S/c24-17-15(10-5-1-2-6-11(10)19-17)22-23-16(20-21-18(23)27)14-9-25-12-7-3-4-8-13(12)26-14/h1-8,14H,9H2,(H,21,27)(H,19,22,24). The molecule has 9 heteroatoms. The third kappa shape index (κ3) is 2.59. The minimum absolute atomic E-state index is 0.254. The molecule has 0 saturated heterocycles. The van der Waals surface area contributed by atoms with Gasteiger partial charge in [-0.3, -0.25) is 4.79 Å². The number of rotatable bonds is 2. The smallest absolute Gasteiger partial charge is 0.276 e. The molecule has 0 fully saturated rings. The summed E-state index contributed by atoms with van der Waals surface area (Å²) in [5, 5.41) is 14.2. The molecule has 8 nitrogen and oxygen atoms in total. The van der Waals surface area contributed by atoms with Crippen molar-refractivity contribution < 1.29 is 14.3 Å². The zero-order chi connectivity index (χ0) is 18.4. The average Bonchev–Trinajstić information content (AvgIpc) is 3.22. The monoisotopic (exact) mass is 379 g/mol. The van der Waals surface area contributed by atoms with Crippen LogP contribution in [0.25, 0.3) is 0 Å². The van der Waals surface area contributed by atoms with Gasteiger partial charge in [0.25, 0.3) is 5.91 Å². The fourth-order valence-corrected chi connectivity index (χ4v) is 3.24. The van der Waals surface area contributed by atoms with Gasteiger partial charge in [0.1, 0.15) is 6.61 Å². The predicted octanol–water partition coefficient (Wildman–Crippen LogP) is 2.66. The van der Waals surface area contributed by atoms with E-state index in [1.807, 2.05) is 48.5 Å². The van der Waals surface area contributed by atoms with Gasteiger partial charge in [-0.05, 0) is 30.4 Å². The Morgan fingerprint density at radius 3 is 2.81 bits per heavy atom. The molecule has 1 atom stereocenters. The lowest BCUT2D eigenvalue weighted by atomic mass is 10.1. The molecule has 0 saturated carbocycles. The summed E-state index contributed by atoms with van der Waals surface area (Å²) in [6.45, 7) is 0.254. The number of ether oxygens (including phenoxy) is 2. The molecule has 3 aromatic rings. The van der Waals surface area contributed by atoms with Crippen molar-refractivity contribution in [1.29, 1.82) is 0 Å². The first-order chi connectivity index (χ1) is 13.2. The Morgan fingerprint density at radius 1 is 1.15 bits per heavy atom. The number of benzene rings is 2.